The van der Waals surface area contributed by atoms with Gasteiger partial charge in [-0.2, -0.15) is 5.10 Å². The van der Waals surface area contributed by atoms with Crippen LogP contribution in [-0.4, -0.2) is 49.0 Å². The van der Waals surface area contributed by atoms with Crippen molar-refractivity contribution < 1.29 is 4.79 Å². The molecule has 0 atom stereocenters. The Hall–Kier alpha value is -3.07. The van der Waals surface area contributed by atoms with E-state index < -0.39 is 0 Å². The Morgan fingerprint density at radius 1 is 1.23 bits per heavy atom. The minimum Gasteiger partial charge on any atom is -0.367 e. The second-order valence-corrected chi connectivity index (χ2v) is 8.43. The largest absolute Gasteiger partial charge is 0.367 e. The highest BCUT2D eigenvalue weighted by molar-refractivity contribution is 7.99. The maximum absolute atomic E-state index is 12.6. The summed E-state index contributed by atoms with van der Waals surface area (Å²) in [5.74, 6) is 1.57. The van der Waals surface area contributed by atoms with Gasteiger partial charge in [-0.25, -0.2) is 14.6 Å². The van der Waals surface area contributed by atoms with Crippen molar-refractivity contribution in [3.05, 3.63) is 42.2 Å². The lowest BCUT2D eigenvalue weighted by Crippen LogP contribution is -2.27. The number of rotatable bonds is 8. The zero-order chi connectivity index (χ0) is 21.1. The van der Waals surface area contributed by atoms with Gasteiger partial charge >= 0.3 is 0 Å². The van der Waals surface area contributed by atoms with E-state index in [0.717, 1.165) is 38.7 Å². The van der Waals surface area contributed by atoms with Crippen LogP contribution in [0.5, 0.6) is 0 Å². The van der Waals surface area contributed by atoms with Gasteiger partial charge in [0.25, 0.3) is 5.91 Å². The summed E-state index contributed by atoms with van der Waals surface area (Å²) in [4.78, 5) is 25.1. The summed E-state index contributed by atoms with van der Waals surface area (Å²) in [6, 6.07) is 8.02. The third-order valence-electron chi connectivity index (χ3n) is 4.62. The Morgan fingerprint density at radius 2 is 2.07 bits per heavy atom. The van der Waals surface area contributed by atoms with Crippen molar-refractivity contribution in [3.63, 3.8) is 0 Å². The van der Waals surface area contributed by atoms with Crippen LogP contribution >= 0.6 is 11.8 Å². The van der Waals surface area contributed by atoms with Crippen molar-refractivity contribution in [2.24, 2.45) is 0 Å². The number of nitrogens with zero attached hydrogens (tertiary/aromatic N) is 4. The van der Waals surface area contributed by atoms with E-state index in [0.29, 0.717) is 18.7 Å². The van der Waals surface area contributed by atoms with Crippen LogP contribution in [0.1, 0.15) is 31.1 Å². The molecule has 0 radical (unpaired) electrons. The molecule has 0 aliphatic heterocycles. The van der Waals surface area contributed by atoms with Gasteiger partial charge in [0, 0.05) is 29.7 Å². The Balaban J connectivity index is 1.51. The number of hydrogen-bond acceptors (Lipinski definition) is 6. The molecule has 0 saturated heterocycles. The van der Waals surface area contributed by atoms with Crippen LogP contribution in [0.4, 0.5) is 5.82 Å². The molecular formula is C21H25N7OS. The predicted molar refractivity (Wildman–Crippen MR) is 121 cm³/mol. The summed E-state index contributed by atoms with van der Waals surface area (Å²) in [7, 11) is 0. The van der Waals surface area contributed by atoms with E-state index in [-0.39, 0.29) is 11.9 Å². The average Bonchev–Trinajstić information content (AvgIpc) is 3.32. The fourth-order valence-electron chi connectivity index (χ4n) is 3.31. The first-order valence-corrected chi connectivity index (χ1v) is 11.0. The molecule has 1 aromatic carbocycles. The number of hydrogen-bond donors (Lipinski definition) is 3. The van der Waals surface area contributed by atoms with Gasteiger partial charge in [-0.15, -0.1) is 0 Å². The molecule has 0 unspecified atom stereocenters. The summed E-state index contributed by atoms with van der Waals surface area (Å²) < 4.78 is 1.82. The van der Waals surface area contributed by atoms with Gasteiger partial charge in [0.05, 0.1) is 23.7 Å². The fourth-order valence-corrected chi connectivity index (χ4v) is 3.87. The van der Waals surface area contributed by atoms with Crippen LogP contribution in [0.3, 0.4) is 0 Å². The van der Waals surface area contributed by atoms with E-state index in [1.54, 1.807) is 24.2 Å². The van der Waals surface area contributed by atoms with Crippen LogP contribution in [0.15, 0.2) is 41.8 Å². The second kappa shape index (κ2) is 8.74. The minimum absolute atomic E-state index is 0.108. The summed E-state index contributed by atoms with van der Waals surface area (Å²) >= 11 is 1.60. The van der Waals surface area contributed by atoms with E-state index in [1.807, 2.05) is 28.9 Å². The predicted octanol–water partition coefficient (Wildman–Crippen LogP) is 3.67. The van der Waals surface area contributed by atoms with Crippen molar-refractivity contribution in [3.8, 4) is 0 Å². The molecule has 0 saturated carbocycles. The number of fused-ring (bicyclic) bond motifs is 2. The quantitative estimate of drug-likeness (QED) is 0.295. The summed E-state index contributed by atoms with van der Waals surface area (Å²) in [6.07, 6.45) is 3.52. The summed E-state index contributed by atoms with van der Waals surface area (Å²) in [5, 5.41) is 13.4. The Morgan fingerprint density at radius 3 is 2.87 bits per heavy atom. The number of aromatic nitrogens is 5. The molecule has 0 aliphatic carbocycles. The van der Waals surface area contributed by atoms with Crippen LogP contribution in [0.2, 0.25) is 0 Å². The van der Waals surface area contributed by atoms with E-state index >= 15 is 0 Å². The Labute approximate surface area is 178 Å². The molecule has 30 heavy (non-hydrogen) atoms. The van der Waals surface area contributed by atoms with E-state index in [9.17, 15) is 4.79 Å². The van der Waals surface area contributed by atoms with Gasteiger partial charge in [0.2, 0.25) is 0 Å². The number of nitrogens with one attached hydrogen (secondary N) is 3. The zero-order valence-corrected chi connectivity index (χ0v) is 18.1. The Bertz CT molecular complexity index is 1180. The molecule has 3 N–H and O–H groups in total. The third kappa shape index (κ3) is 4.11. The number of benzene rings is 1. The van der Waals surface area contributed by atoms with Gasteiger partial charge in [-0.1, -0.05) is 36.9 Å². The third-order valence-corrected chi connectivity index (χ3v) is 5.35. The Kier molecular flexibility index (Phi) is 5.89. The van der Waals surface area contributed by atoms with Gasteiger partial charge in [0.15, 0.2) is 10.8 Å². The molecule has 3 heterocycles. The SMILES string of the molecule is CCSc1nc(NC(C)C)c2cnn(CCNC(=O)c3c[nH]c4ccccc34)c2n1. The van der Waals surface area contributed by atoms with Crippen molar-refractivity contribution in [1.82, 2.24) is 30.0 Å². The molecular weight excluding hydrogens is 398 g/mol. The highest BCUT2D eigenvalue weighted by Crippen LogP contribution is 2.25. The van der Waals surface area contributed by atoms with Crippen molar-refractivity contribution in [2.45, 2.75) is 38.5 Å². The number of aromatic amines is 1. The maximum atomic E-state index is 12.6. The normalized spacial score (nSPS) is 11.5. The number of carbonyl (C=O) groups is 1. The molecule has 8 nitrogen and oxygen atoms in total. The molecule has 0 aliphatic rings. The average molecular weight is 424 g/mol. The summed E-state index contributed by atoms with van der Waals surface area (Å²) in [6.45, 7) is 7.19. The molecule has 0 spiro atoms. The number of para-hydroxylation sites is 1. The van der Waals surface area contributed by atoms with Crippen molar-refractivity contribution in [1.29, 1.82) is 0 Å². The summed E-state index contributed by atoms with van der Waals surface area (Å²) in [5.41, 5.74) is 2.36. The van der Waals surface area contributed by atoms with Crippen molar-refractivity contribution in [2.75, 3.05) is 17.6 Å². The first-order valence-electron chi connectivity index (χ1n) is 10.0. The molecule has 4 rings (SSSR count). The fraction of sp³-hybridized carbons (Fsp3) is 0.333. The minimum atomic E-state index is -0.108. The highest BCUT2D eigenvalue weighted by Gasteiger charge is 2.15. The number of anilines is 1. The molecule has 0 fully saturated rings. The van der Waals surface area contributed by atoms with Crippen LogP contribution in [0, 0.1) is 0 Å². The molecule has 3 aromatic heterocycles. The van der Waals surface area contributed by atoms with Crippen LogP contribution < -0.4 is 10.6 Å². The lowest BCUT2D eigenvalue weighted by atomic mass is 10.1. The van der Waals surface area contributed by atoms with Gasteiger partial charge in [0.1, 0.15) is 5.82 Å². The lowest BCUT2D eigenvalue weighted by Gasteiger charge is -2.11. The molecule has 9 heteroatoms. The van der Waals surface area contributed by atoms with E-state index in [4.69, 9.17) is 0 Å². The molecule has 1 amide bonds. The zero-order valence-electron chi connectivity index (χ0n) is 17.3. The maximum Gasteiger partial charge on any atom is 0.253 e. The van der Waals surface area contributed by atoms with E-state index in [2.05, 4.69) is 51.5 Å². The van der Waals surface area contributed by atoms with Gasteiger partial charge in [-0.3, -0.25) is 4.79 Å². The number of thioether (sulfide) groups is 1. The smallest absolute Gasteiger partial charge is 0.253 e. The van der Waals surface area contributed by atoms with Crippen molar-refractivity contribution >= 4 is 45.4 Å². The van der Waals surface area contributed by atoms with Gasteiger partial charge in [-0.05, 0) is 25.7 Å². The molecule has 0 bridgehead atoms. The van der Waals surface area contributed by atoms with Gasteiger partial charge < -0.3 is 15.6 Å². The second-order valence-electron chi connectivity index (χ2n) is 7.20. The number of amides is 1. The standard InChI is InChI=1S/C21H25N7OS/c1-4-30-21-26-18(25-13(2)3)16-12-24-28(19(16)27-21)10-9-22-20(29)15-11-23-17-8-6-5-7-14(15)17/h5-8,11-13,23H,4,9-10H2,1-3H3,(H,22,29)(H,25,26,27). The topological polar surface area (TPSA) is 101 Å². The van der Waals surface area contributed by atoms with E-state index in [1.165, 1.54) is 0 Å². The first-order chi connectivity index (χ1) is 14.6. The number of H-pyrrole nitrogens is 1. The number of carbonyl (C=O) groups excluding carboxylic acids is 1. The van der Waals surface area contributed by atoms with Crippen LogP contribution in [-0.2, 0) is 6.54 Å². The monoisotopic (exact) mass is 423 g/mol. The molecule has 156 valence electrons. The lowest BCUT2D eigenvalue weighted by molar-refractivity contribution is 0.0953. The first kappa shape index (κ1) is 20.2. The van der Waals surface area contributed by atoms with Crippen LogP contribution in [0.25, 0.3) is 21.9 Å². The molecule has 4 aromatic rings. The highest BCUT2D eigenvalue weighted by atomic mass is 32.2.